The van der Waals surface area contributed by atoms with E-state index in [2.05, 4.69) is 23.6 Å². The number of rotatable bonds is 1. The summed E-state index contributed by atoms with van der Waals surface area (Å²) in [6.45, 7) is 2.55. The van der Waals surface area contributed by atoms with Crippen LogP contribution < -0.4 is 5.73 Å². The summed E-state index contributed by atoms with van der Waals surface area (Å²) in [5, 5.41) is 1.87. The molecule has 0 saturated heterocycles. The van der Waals surface area contributed by atoms with Crippen LogP contribution in [-0.4, -0.2) is 4.57 Å². The van der Waals surface area contributed by atoms with E-state index in [9.17, 15) is 0 Å². The maximum atomic E-state index is 6.21. The number of hydrogen-bond acceptors (Lipinski definition) is 1. The summed E-state index contributed by atoms with van der Waals surface area (Å²) in [7, 11) is 2.00. The second-order valence-corrected chi connectivity index (χ2v) is 3.92. The van der Waals surface area contributed by atoms with Crippen molar-refractivity contribution < 1.29 is 0 Å². The summed E-state index contributed by atoms with van der Waals surface area (Å²) in [6.07, 6.45) is 0. The highest BCUT2D eigenvalue weighted by molar-refractivity contribution is 6.36. The molecule has 1 aromatic heterocycles. The topological polar surface area (TPSA) is 30.9 Å². The van der Waals surface area contributed by atoms with Crippen molar-refractivity contribution in [1.29, 1.82) is 0 Å². The number of aryl methyl sites for hydroxylation is 2. The summed E-state index contributed by atoms with van der Waals surface area (Å²) in [5.74, 6) is 0. The summed E-state index contributed by atoms with van der Waals surface area (Å²) < 4.78 is 2.06. The molecule has 0 aliphatic rings. The van der Waals surface area contributed by atoms with Gasteiger partial charge in [0.05, 0.1) is 10.7 Å². The number of nitrogens with zero attached hydrogens (tertiary/aromatic N) is 1. The number of hydrogen-bond donors (Lipinski definition) is 1. The zero-order valence-corrected chi connectivity index (χ0v) is 9.10. The normalized spacial score (nSPS) is 11.1. The minimum Gasteiger partial charge on any atom is -0.345 e. The van der Waals surface area contributed by atoms with Crippen molar-refractivity contribution in [2.45, 2.75) is 13.5 Å². The van der Waals surface area contributed by atoms with Crippen LogP contribution in [0.5, 0.6) is 0 Å². The van der Waals surface area contributed by atoms with Crippen molar-refractivity contribution in [3.8, 4) is 0 Å². The van der Waals surface area contributed by atoms with Crippen LogP contribution in [0.2, 0.25) is 5.02 Å². The molecule has 74 valence electrons. The summed E-state index contributed by atoms with van der Waals surface area (Å²) in [6, 6.07) is 6.24. The first kappa shape index (κ1) is 9.56. The van der Waals surface area contributed by atoms with E-state index in [4.69, 9.17) is 17.3 Å². The summed E-state index contributed by atoms with van der Waals surface area (Å²) >= 11 is 6.21. The quantitative estimate of drug-likeness (QED) is 0.768. The van der Waals surface area contributed by atoms with Crippen molar-refractivity contribution >= 4 is 22.5 Å². The minimum atomic E-state index is 0.475. The lowest BCUT2D eigenvalue weighted by Gasteiger charge is -2.00. The van der Waals surface area contributed by atoms with Gasteiger partial charge in [0.25, 0.3) is 0 Å². The predicted octanol–water partition coefficient (Wildman–Crippen LogP) is 2.60. The maximum absolute atomic E-state index is 6.21. The van der Waals surface area contributed by atoms with Crippen LogP contribution in [0.15, 0.2) is 18.2 Å². The molecule has 14 heavy (non-hydrogen) atoms. The van der Waals surface area contributed by atoms with Crippen LogP contribution in [0.1, 0.15) is 11.3 Å². The Morgan fingerprint density at radius 3 is 2.79 bits per heavy atom. The van der Waals surface area contributed by atoms with Crippen LogP contribution >= 0.6 is 11.6 Å². The fourth-order valence-corrected chi connectivity index (χ4v) is 2.14. The van der Waals surface area contributed by atoms with Crippen molar-refractivity contribution in [1.82, 2.24) is 4.57 Å². The van der Waals surface area contributed by atoms with Crippen LogP contribution in [0, 0.1) is 6.92 Å². The first-order chi connectivity index (χ1) is 6.65. The molecule has 2 nitrogen and oxygen atoms in total. The molecule has 2 N–H and O–H groups in total. The Morgan fingerprint density at radius 2 is 2.14 bits per heavy atom. The zero-order chi connectivity index (χ0) is 10.3. The molecule has 3 heteroatoms. The summed E-state index contributed by atoms with van der Waals surface area (Å²) in [5.41, 5.74) is 9.02. The Morgan fingerprint density at radius 1 is 1.43 bits per heavy atom. The highest BCUT2D eigenvalue weighted by Crippen LogP contribution is 2.30. The fourth-order valence-electron chi connectivity index (χ4n) is 1.78. The van der Waals surface area contributed by atoms with Gasteiger partial charge in [0, 0.05) is 24.5 Å². The van der Waals surface area contributed by atoms with E-state index in [-0.39, 0.29) is 0 Å². The van der Waals surface area contributed by atoms with Gasteiger partial charge in [-0.15, -0.1) is 0 Å². The Hall–Kier alpha value is -0.990. The standard InChI is InChI=1S/C11H13ClN2/c1-7-3-4-8-9(5-7)14(2)10(6-13)11(8)12/h3-5H,6,13H2,1-2H3. The van der Waals surface area contributed by atoms with Crippen LogP contribution in [0.3, 0.4) is 0 Å². The fraction of sp³-hybridized carbons (Fsp3) is 0.273. The Labute approximate surface area is 88.3 Å². The molecule has 0 unspecified atom stereocenters. The highest BCUT2D eigenvalue weighted by atomic mass is 35.5. The second kappa shape index (κ2) is 3.30. The van der Waals surface area contributed by atoms with Gasteiger partial charge in [0.15, 0.2) is 0 Å². The molecular formula is C11H13ClN2. The van der Waals surface area contributed by atoms with E-state index >= 15 is 0 Å². The average molecular weight is 209 g/mol. The van der Waals surface area contributed by atoms with Crippen LogP contribution in [0.4, 0.5) is 0 Å². The van der Waals surface area contributed by atoms with Crippen molar-refractivity contribution in [2.24, 2.45) is 12.8 Å². The lowest BCUT2D eigenvalue weighted by molar-refractivity contribution is 0.849. The lowest BCUT2D eigenvalue weighted by atomic mass is 10.2. The van der Waals surface area contributed by atoms with E-state index in [0.29, 0.717) is 6.54 Å². The van der Waals surface area contributed by atoms with Gasteiger partial charge in [0.1, 0.15) is 0 Å². The van der Waals surface area contributed by atoms with Gasteiger partial charge in [-0.25, -0.2) is 0 Å². The molecule has 0 atom stereocenters. The molecule has 0 spiro atoms. The number of halogens is 1. The number of benzene rings is 1. The number of nitrogens with two attached hydrogens (primary N) is 1. The number of aromatic nitrogens is 1. The van der Waals surface area contributed by atoms with Gasteiger partial charge in [-0.05, 0) is 18.6 Å². The lowest BCUT2D eigenvalue weighted by Crippen LogP contribution is -2.03. The van der Waals surface area contributed by atoms with Crippen molar-refractivity contribution in [2.75, 3.05) is 0 Å². The van der Waals surface area contributed by atoms with Gasteiger partial charge in [-0.1, -0.05) is 23.7 Å². The van der Waals surface area contributed by atoms with Gasteiger partial charge >= 0.3 is 0 Å². The Kier molecular flexibility index (Phi) is 2.25. The Bertz CT molecular complexity index is 485. The smallest absolute Gasteiger partial charge is 0.0707 e. The third-order valence-electron chi connectivity index (χ3n) is 2.60. The first-order valence-electron chi connectivity index (χ1n) is 4.58. The highest BCUT2D eigenvalue weighted by Gasteiger charge is 2.11. The molecule has 0 radical (unpaired) electrons. The van der Waals surface area contributed by atoms with Crippen LogP contribution in [-0.2, 0) is 13.6 Å². The molecule has 0 aliphatic carbocycles. The first-order valence-corrected chi connectivity index (χ1v) is 4.96. The molecule has 2 aromatic rings. The predicted molar refractivity (Wildman–Crippen MR) is 60.6 cm³/mol. The van der Waals surface area contributed by atoms with E-state index in [1.54, 1.807) is 0 Å². The van der Waals surface area contributed by atoms with Gasteiger partial charge in [-0.3, -0.25) is 0 Å². The molecule has 1 aromatic carbocycles. The molecule has 0 bridgehead atoms. The van der Waals surface area contributed by atoms with E-state index in [1.165, 1.54) is 5.56 Å². The van der Waals surface area contributed by atoms with Crippen molar-refractivity contribution in [3.05, 3.63) is 34.5 Å². The molecule has 1 heterocycles. The SMILES string of the molecule is Cc1ccc2c(Cl)c(CN)n(C)c2c1. The largest absolute Gasteiger partial charge is 0.345 e. The molecule has 2 rings (SSSR count). The van der Waals surface area contributed by atoms with Gasteiger partial charge in [-0.2, -0.15) is 0 Å². The molecule has 0 amide bonds. The molecular weight excluding hydrogens is 196 g/mol. The minimum absolute atomic E-state index is 0.475. The summed E-state index contributed by atoms with van der Waals surface area (Å²) in [4.78, 5) is 0. The van der Waals surface area contributed by atoms with E-state index < -0.39 is 0 Å². The number of fused-ring (bicyclic) bond motifs is 1. The third kappa shape index (κ3) is 1.22. The monoisotopic (exact) mass is 208 g/mol. The molecule has 0 saturated carbocycles. The zero-order valence-electron chi connectivity index (χ0n) is 8.34. The van der Waals surface area contributed by atoms with E-state index in [0.717, 1.165) is 21.6 Å². The Balaban J connectivity index is 2.87. The molecule has 0 fully saturated rings. The van der Waals surface area contributed by atoms with Gasteiger partial charge < -0.3 is 10.3 Å². The third-order valence-corrected chi connectivity index (χ3v) is 3.02. The maximum Gasteiger partial charge on any atom is 0.0707 e. The van der Waals surface area contributed by atoms with E-state index in [1.807, 2.05) is 13.1 Å². The van der Waals surface area contributed by atoms with Gasteiger partial charge in [0.2, 0.25) is 0 Å². The van der Waals surface area contributed by atoms with Crippen molar-refractivity contribution in [3.63, 3.8) is 0 Å². The molecule has 0 aliphatic heterocycles. The average Bonchev–Trinajstić information content (AvgIpc) is 2.39. The second-order valence-electron chi connectivity index (χ2n) is 3.54. The van der Waals surface area contributed by atoms with Crippen LogP contribution in [0.25, 0.3) is 10.9 Å².